The molecule has 1 aromatic heterocycles. The lowest BCUT2D eigenvalue weighted by Gasteiger charge is -2.19. The molecule has 3 aromatic rings. The number of H-pyrrole nitrogens is 1. The van der Waals surface area contributed by atoms with E-state index >= 15 is 0 Å². The van der Waals surface area contributed by atoms with Crippen LogP contribution in [-0.4, -0.2) is 46.9 Å². The molecule has 3 rings (SSSR count). The quantitative estimate of drug-likeness (QED) is 0.300. The van der Waals surface area contributed by atoms with Crippen LogP contribution in [0, 0.1) is 0 Å². The van der Waals surface area contributed by atoms with Gasteiger partial charge in [-0.2, -0.15) is 13.2 Å². The Morgan fingerprint density at radius 1 is 0.923 bits per heavy atom. The van der Waals surface area contributed by atoms with Crippen LogP contribution in [0.15, 0.2) is 54.6 Å². The number of hydrogen-bond donors (Lipinski definition) is 3. The topological polar surface area (TPSA) is 118 Å². The van der Waals surface area contributed by atoms with Crippen LogP contribution in [0.5, 0.6) is 0 Å². The first-order chi connectivity index (χ1) is 18.2. The summed E-state index contributed by atoms with van der Waals surface area (Å²) in [4.78, 5) is 37.3. The number of nitrogens with one attached hydrogen (secondary N) is 2. The summed E-state index contributed by atoms with van der Waals surface area (Å²) in [5.74, 6) is -3.73. The van der Waals surface area contributed by atoms with Gasteiger partial charge < -0.3 is 24.9 Å². The number of aromatic nitrogens is 1. The van der Waals surface area contributed by atoms with Crippen molar-refractivity contribution in [3.8, 4) is 11.1 Å². The number of aromatic amines is 1. The molecule has 0 atom stereocenters. The van der Waals surface area contributed by atoms with Crippen LogP contribution in [0.1, 0.15) is 59.8 Å². The molecule has 0 saturated carbocycles. The number of anilines is 1. The third-order valence-electron chi connectivity index (χ3n) is 5.23. The molecule has 0 bridgehead atoms. The average molecular weight is 549 g/mol. The smallest absolute Gasteiger partial charge is 0.475 e. The Morgan fingerprint density at radius 2 is 1.46 bits per heavy atom. The second-order valence-electron chi connectivity index (χ2n) is 9.28. The van der Waals surface area contributed by atoms with Gasteiger partial charge in [-0.1, -0.05) is 49.4 Å². The number of carboxylic acid groups (broad SMARTS) is 1. The number of carboxylic acids is 1. The van der Waals surface area contributed by atoms with Crippen LogP contribution in [0.4, 0.5) is 18.9 Å². The molecule has 0 fully saturated rings. The summed E-state index contributed by atoms with van der Waals surface area (Å²) in [6.07, 6.45) is -4.60. The van der Waals surface area contributed by atoms with E-state index in [0.717, 1.165) is 16.8 Å². The minimum atomic E-state index is -5.08. The van der Waals surface area contributed by atoms with E-state index in [4.69, 9.17) is 19.4 Å². The maximum Gasteiger partial charge on any atom is 0.490 e. The van der Waals surface area contributed by atoms with Crippen molar-refractivity contribution in [2.75, 3.05) is 12.4 Å². The SMILES string of the molecule is CCc1c(C(=O)OC(C)(C)C)[nH]c(CNc2ccc(-c3ccccc3)cc2)c1C(=O)OC.O=C(O)C(F)(F)F. The number of esters is 2. The summed E-state index contributed by atoms with van der Waals surface area (Å²) in [5.41, 5.74) is 4.37. The fraction of sp³-hybridized carbons (Fsp3) is 0.321. The standard InChI is InChI=1S/C26H30N2O4.C2HF3O2/c1-6-20-22(24(29)31-5)21(28-23(20)25(30)32-26(2,3)4)16-27-19-14-12-18(13-15-19)17-10-8-7-9-11-17;3-2(4,5)1(6)7/h7-15,27-28H,6,16H2,1-5H3;(H,6,7). The van der Waals surface area contributed by atoms with Crippen LogP contribution in [0.2, 0.25) is 0 Å². The van der Waals surface area contributed by atoms with Gasteiger partial charge in [0.25, 0.3) is 0 Å². The molecule has 0 amide bonds. The van der Waals surface area contributed by atoms with Gasteiger partial charge in [0.2, 0.25) is 0 Å². The largest absolute Gasteiger partial charge is 0.490 e. The zero-order valence-corrected chi connectivity index (χ0v) is 22.2. The maximum atomic E-state index is 12.7. The molecule has 210 valence electrons. The molecular weight excluding hydrogens is 517 g/mol. The van der Waals surface area contributed by atoms with Crippen molar-refractivity contribution < 1.29 is 42.1 Å². The molecule has 11 heteroatoms. The molecule has 8 nitrogen and oxygen atoms in total. The Kier molecular flexibility index (Phi) is 10.3. The number of hydrogen-bond acceptors (Lipinski definition) is 6. The second-order valence-corrected chi connectivity index (χ2v) is 9.28. The Morgan fingerprint density at radius 3 is 1.92 bits per heavy atom. The molecule has 0 aliphatic rings. The minimum absolute atomic E-state index is 0.291. The van der Waals surface area contributed by atoms with Crippen molar-refractivity contribution in [3.63, 3.8) is 0 Å². The number of rotatable bonds is 7. The highest BCUT2D eigenvalue weighted by molar-refractivity contribution is 5.99. The molecule has 0 saturated heterocycles. The Balaban J connectivity index is 0.000000673. The maximum absolute atomic E-state index is 12.7. The van der Waals surface area contributed by atoms with E-state index in [0.29, 0.717) is 35.5 Å². The van der Waals surface area contributed by atoms with Crippen molar-refractivity contribution in [1.29, 1.82) is 0 Å². The first-order valence-electron chi connectivity index (χ1n) is 11.9. The number of alkyl halides is 3. The van der Waals surface area contributed by atoms with Crippen molar-refractivity contribution in [2.24, 2.45) is 0 Å². The van der Waals surface area contributed by atoms with Gasteiger partial charge in [0.15, 0.2) is 0 Å². The van der Waals surface area contributed by atoms with Gasteiger partial charge in [0.1, 0.15) is 11.3 Å². The van der Waals surface area contributed by atoms with E-state index in [2.05, 4.69) is 22.4 Å². The third kappa shape index (κ3) is 8.91. The van der Waals surface area contributed by atoms with Crippen molar-refractivity contribution in [2.45, 2.75) is 52.4 Å². The van der Waals surface area contributed by atoms with Crippen LogP contribution < -0.4 is 5.32 Å². The number of methoxy groups -OCH3 is 1. The monoisotopic (exact) mass is 548 g/mol. The van der Waals surface area contributed by atoms with Gasteiger partial charge >= 0.3 is 24.1 Å². The van der Waals surface area contributed by atoms with Crippen LogP contribution in [0.25, 0.3) is 11.1 Å². The summed E-state index contributed by atoms with van der Waals surface area (Å²) in [6, 6.07) is 18.2. The van der Waals surface area contributed by atoms with E-state index < -0.39 is 29.7 Å². The first-order valence-corrected chi connectivity index (χ1v) is 11.9. The van der Waals surface area contributed by atoms with Crippen LogP contribution in [-0.2, 0) is 27.2 Å². The molecule has 3 N–H and O–H groups in total. The summed E-state index contributed by atoms with van der Waals surface area (Å²) in [7, 11) is 1.33. The Bertz CT molecular complexity index is 1280. The molecular formula is C28H31F3N2O6. The summed E-state index contributed by atoms with van der Waals surface area (Å²) >= 11 is 0. The lowest BCUT2D eigenvalue weighted by Crippen LogP contribution is -2.24. The lowest BCUT2D eigenvalue weighted by atomic mass is 10.0. The van der Waals surface area contributed by atoms with E-state index in [-0.39, 0.29) is 0 Å². The highest BCUT2D eigenvalue weighted by Gasteiger charge is 2.38. The first kappa shape index (κ1) is 30.9. The van der Waals surface area contributed by atoms with Gasteiger partial charge in [-0.25, -0.2) is 14.4 Å². The van der Waals surface area contributed by atoms with Crippen LogP contribution >= 0.6 is 0 Å². The third-order valence-corrected chi connectivity index (χ3v) is 5.23. The molecule has 0 spiro atoms. The lowest BCUT2D eigenvalue weighted by molar-refractivity contribution is -0.192. The van der Waals surface area contributed by atoms with Crippen molar-refractivity contribution in [3.05, 3.63) is 77.1 Å². The van der Waals surface area contributed by atoms with Gasteiger partial charge in [-0.15, -0.1) is 0 Å². The molecule has 0 radical (unpaired) electrons. The zero-order chi connectivity index (χ0) is 29.4. The van der Waals surface area contributed by atoms with Crippen LogP contribution in [0.3, 0.4) is 0 Å². The fourth-order valence-corrected chi connectivity index (χ4v) is 3.54. The van der Waals surface area contributed by atoms with Gasteiger partial charge in [-0.3, -0.25) is 0 Å². The Hall–Kier alpha value is -4.28. The second kappa shape index (κ2) is 13.0. The highest BCUT2D eigenvalue weighted by Crippen LogP contribution is 2.26. The number of benzene rings is 2. The molecule has 0 unspecified atom stereocenters. The summed E-state index contributed by atoms with van der Waals surface area (Å²) in [5, 5.41) is 10.4. The van der Waals surface area contributed by atoms with Crippen molar-refractivity contribution in [1.82, 2.24) is 4.98 Å². The number of carbonyl (C=O) groups is 3. The highest BCUT2D eigenvalue weighted by atomic mass is 19.4. The molecule has 2 aromatic carbocycles. The predicted molar refractivity (Wildman–Crippen MR) is 140 cm³/mol. The number of ether oxygens (including phenoxy) is 2. The predicted octanol–water partition coefficient (Wildman–Crippen LogP) is 6.23. The van der Waals surface area contributed by atoms with E-state index in [1.165, 1.54) is 7.11 Å². The van der Waals surface area contributed by atoms with Gasteiger partial charge in [0.05, 0.1) is 19.2 Å². The van der Waals surface area contributed by atoms with E-state index in [1.54, 1.807) is 0 Å². The normalized spacial score (nSPS) is 11.2. The fourth-order valence-electron chi connectivity index (χ4n) is 3.54. The Labute approximate surface area is 224 Å². The molecule has 0 aliphatic heterocycles. The van der Waals surface area contributed by atoms with Crippen molar-refractivity contribution >= 4 is 23.6 Å². The number of halogens is 3. The van der Waals surface area contributed by atoms with Gasteiger partial charge in [-0.05, 0) is 56.0 Å². The number of carbonyl (C=O) groups excluding carboxylic acids is 2. The minimum Gasteiger partial charge on any atom is -0.475 e. The molecule has 1 heterocycles. The molecule has 39 heavy (non-hydrogen) atoms. The summed E-state index contributed by atoms with van der Waals surface area (Å²) < 4.78 is 42.3. The number of aliphatic carboxylic acids is 1. The zero-order valence-electron chi connectivity index (χ0n) is 22.2. The van der Waals surface area contributed by atoms with E-state index in [1.807, 2.05) is 70.2 Å². The molecule has 0 aliphatic carbocycles. The van der Waals surface area contributed by atoms with Gasteiger partial charge in [0, 0.05) is 11.4 Å². The average Bonchev–Trinajstić information content (AvgIpc) is 3.25. The summed E-state index contributed by atoms with van der Waals surface area (Å²) in [6.45, 7) is 7.64. The van der Waals surface area contributed by atoms with E-state index in [9.17, 15) is 22.8 Å².